The van der Waals surface area contributed by atoms with Crippen LogP contribution in [0, 0.1) is 10.1 Å². The van der Waals surface area contributed by atoms with E-state index in [0.29, 0.717) is 5.56 Å². The van der Waals surface area contributed by atoms with E-state index < -0.39 is 4.92 Å². The summed E-state index contributed by atoms with van der Waals surface area (Å²) in [6.07, 6.45) is 4.78. The largest absolute Gasteiger partial charge is 0.271 e. The number of non-ortho nitro benzene ring substituents is 1. The van der Waals surface area contributed by atoms with Crippen LogP contribution in [0.1, 0.15) is 15.9 Å². The Balaban J connectivity index is 1.87. The van der Waals surface area contributed by atoms with E-state index in [1.165, 1.54) is 18.3 Å². The van der Waals surface area contributed by atoms with E-state index in [1.807, 2.05) is 0 Å². The zero-order valence-corrected chi connectivity index (χ0v) is 13.4. The number of carbonyl (C=O) groups excluding carboxylic acids is 1. The van der Waals surface area contributed by atoms with Gasteiger partial charge in [0.15, 0.2) is 0 Å². The molecule has 0 bridgehead atoms. The van der Waals surface area contributed by atoms with E-state index in [2.05, 4.69) is 26.5 Å². The van der Waals surface area contributed by atoms with Crippen molar-refractivity contribution < 1.29 is 9.72 Å². The van der Waals surface area contributed by atoms with Gasteiger partial charge in [0, 0.05) is 28.4 Å². The van der Waals surface area contributed by atoms with Gasteiger partial charge in [-0.2, -0.15) is 5.10 Å². The fraction of sp³-hybridized carbons (Fsp3) is 0. The molecule has 1 N–H and O–H groups in total. The molecule has 2 aromatic rings. The van der Waals surface area contributed by atoms with Gasteiger partial charge in [0.2, 0.25) is 0 Å². The van der Waals surface area contributed by atoms with Crippen LogP contribution >= 0.6 is 15.9 Å². The smallest absolute Gasteiger partial charge is 0.267 e. The summed E-state index contributed by atoms with van der Waals surface area (Å²) < 4.78 is 0.892. The highest BCUT2D eigenvalue weighted by Crippen LogP contribution is 2.12. The fourth-order valence-electron chi connectivity index (χ4n) is 1.67. The van der Waals surface area contributed by atoms with E-state index in [0.717, 1.165) is 10.0 Å². The van der Waals surface area contributed by atoms with Crippen LogP contribution in [0.15, 0.2) is 64.2 Å². The maximum atomic E-state index is 11.8. The molecule has 6 nitrogen and oxygen atoms in total. The molecule has 0 atom stereocenters. The number of allylic oxidation sites excluding steroid dienone is 1. The molecule has 0 saturated heterocycles. The Morgan fingerprint density at radius 3 is 2.39 bits per heavy atom. The van der Waals surface area contributed by atoms with Crippen molar-refractivity contribution in [3.63, 3.8) is 0 Å². The maximum absolute atomic E-state index is 11.8. The van der Waals surface area contributed by atoms with Crippen molar-refractivity contribution in [2.45, 2.75) is 0 Å². The molecular weight excluding hydrogens is 362 g/mol. The number of hydrogen-bond acceptors (Lipinski definition) is 4. The van der Waals surface area contributed by atoms with E-state index in [1.54, 1.807) is 48.6 Å². The van der Waals surface area contributed by atoms with Crippen molar-refractivity contribution in [2.24, 2.45) is 5.10 Å². The summed E-state index contributed by atoms with van der Waals surface area (Å²) in [7, 11) is 0. The maximum Gasteiger partial charge on any atom is 0.271 e. The number of amides is 1. The van der Waals surface area contributed by atoms with Crippen LogP contribution in [0.5, 0.6) is 0 Å². The average molecular weight is 374 g/mol. The molecule has 0 fully saturated rings. The standard InChI is InChI=1S/C16H12BrN3O3/c17-14-7-5-13(6-8-14)16(21)19-18-11-1-2-12-3-9-15(10-4-12)20(22)23/h1-11H,(H,19,21)/b2-1+,18-11-. The lowest BCUT2D eigenvalue weighted by Crippen LogP contribution is -2.17. The first-order valence-electron chi connectivity index (χ1n) is 6.56. The van der Waals surface area contributed by atoms with Crippen molar-refractivity contribution >= 4 is 39.8 Å². The molecule has 2 aromatic carbocycles. The number of hydrazone groups is 1. The minimum atomic E-state index is -0.452. The summed E-state index contributed by atoms with van der Waals surface area (Å²) in [6.45, 7) is 0. The molecule has 0 radical (unpaired) electrons. The lowest BCUT2D eigenvalue weighted by atomic mass is 10.2. The number of nitrogens with zero attached hydrogens (tertiary/aromatic N) is 2. The lowest BCUT2D eigenvalue weighted by molar-refractivity contribution is -0.384. The Labute approximate surface area is 140 Å². The minimum absolute atomic E-state index is 0.0394. The second kappa shape index (κ2) is 8.00. The number of hydrogen-bond donors (Lipinski definition) is 1. The Kier molecular flexibility index (Phi) is 5.76. The number of benzene rings is 2. The quantitative estimate of drug-likeness (QED) is 0.491. The molecule has 7 heteroatoms. The first-order chi connectivity index (χ1) is 11.1. The number of nitro benzene ring substituents is 1. The van der Waals surface area contributed by atoms with Crippen LogP contribution in [0.25, 0.3) is 6.08 Å². The van der Waals surface area contributed by atoms with Crippen molar-refractivity contribution in [1.29, 1.82) is 0 Å². The predicted octanol–water partition coefficient (Wildman–Crippen LogP) is 3.79. The fourth-order valence-corrected chi connectivity index (χ4v) is 1.93. The van der Waals surface area contributed by atoms with E-state index in [-0.39, 0.29) is 11.6 Å². The van der Waals surface area contributed by atoms with Gasteiger partial charge >= 0.3 is 0 Å². The summed E-state index contributed by atoms with van der Waals surface area (Å²) in [6, 6.07) is 13.0. The number of nitrogens with one attached hydrogen (secondary N) is 1. The van der Waals surface area contributed by atoms with Crippen molar-refractivity contribution in [3.05, 3.63) is 80.3 Å². The highest BCUT2D eigenvalue weighted by atomic mass is 79.9. The van der Waals surface area contributed by atoms with E-state index >= 15 is 0 Å². The molecule has 116 valence electrons. The first kappa shape index (κ1) is 16.6. The van der Waals surface area contributed by atoms with Crippen LogP contribution in [0.3, 0.4) is 0 Å². The number of nitro groups is 1. The molecule has 2 rings (SSSR count). The molecule has 1 amide bonds. The third-order valence-corrected chi connectivity index (χ3v) is 3.35. The van der Waals surface area contributed by atoms with Gasteiger partial charge in [0.1, 0.15) is 0 Å². The Morgan fingerprint density at radius 1 is 1.13 bits per heavy atom. The topological polar surface area (TPSA) is 84.6 Å². The molecule has 0 heterocycles. The second-order valence-corrected chi connectivity index (χ2v) is 5.35. The summed E-state index contributed by atoms with van der Waals surface area (Å²) >= 11 is 3.29. The van der Waals surface area contributed by atoms with Gasteiger partial charge in [0.25, 0.3) is 11.6 Å². The second-order valence-electron chi connectivity index (χ2n) is 4.43. The third-order valence-electron chi connectivity index (χ3n) is 2.83. The Morgan fingerprint density at radius 2 is 1.78 bits per heavy atom. The van der Waals surface area contributed by atoms with Gasteiger partial charge in [-0.3, -0.25) is 14.9 Å². The van der Waals surface area contributed by atoms with Crippen LogP contribution in [0.4, 0.5) is 5.69 Å². The molecule has 23 heavy (non-hydrogen) atoms. The van der Waals surface area contributed by atoms with Gasteiger partial charge in [-0.25, -0.2) is 5.43 Å². The highest BCUT2D eigenvalue weighted by molar-refractivity contribution is 9.10. The number of rotatable bonds is 5. The molecule has 0 aliphatic rings. The van der Waals surface area contributed by atoms with Gasteiger partial charge in [-0.15, -0.1) is 0 Å². The van der Waals surface area contributed by atoms with Crippen molar-refractivity contribution in [1.82, 2.24) is 5.43 Å². The van der Waals surface area contributed by atoms with Crippen LogP contribution in [-0.4, -0.2) is 17.0 Å². The molecule has 0 unspecified atom stereocenters. The van der Waals surface area contributed by atoms with E-state index in [4.69, 9.17) is 0 Å². The van der Waals surface area contributed by atoms with E-state index in [9.17, 15) is 14.9 Å². The molecule has 0 aliphatic carbocycles. The minimum Gasteiger partial charge on any atom is -0.267 e. The normalized spacial score (nSPS) is 11.0. The molecule has 0 saturated carbocycles. The number of carbonyl (C=O) groups is 1. The first-order valence-corrected chi connectivity index (χ1v) is 7.35. The zero-order chi connectivity index (χ0) is 16.7. The van der Waals surface area contributed by atoms with Crippen LogP contribution in [0.2, 0.25) is 0 Å². The predicted molar refractivity (Wildman–Crippen MR) is 92.2 cm³/mol. The monoisotopic (exact) mass is 373 g/mol. The van der Waals surface area contributed by atoms with Gasteiger partial charge in [-0.1, -0.05) is 22.0 Å². The lowest BCUT2D eigenvalue weighted by Gasteiger charge is -1.98. The Bertz CT molecular complexity index is 753. The van der Waals surface area contributed by atoms with Gasteiger partial charge < -0.3 is 0 Å². The third kappa shape index (κ3) is 5.15. The number of halogens is 1. The van der Waals surface area contributed by atoms with Crippen molar-refractivity contribution in [2.75, 3.05) is 0 Å². The average Bonchev–Trinajstić information content (AvgIpc) is 2.55. The Hall–Kier alpha value is -2.80. The molecular formula is C16H12BrN3O3. The SMILES string of the molecule is O=C(N/N=C\C=C\c1ccc([N+](=O)[O-])cc1)c1ccc(Br)cc1. The molecule has 0 aromatic heterocycles. The molecule has 0 aliphatic heterocycles. The van der Waals surface area contributed by atoms with Crippen molar-refractivity contribution in [3.8, 4) is 0 Å². The summed E-state index contributed by atoms with van der Waals surface area (Å²) in [5.74, 6) is -0.308. The molecule has 0 spiro atoms. The van der Waals surface area contributed by atoms with Gasteiger partial charge in [0.05, 0.1) is 4.92 Å². The van der Waals surface area contributed by atoms with Crippen LogP contribution in [-0.2, 0) is 0 Å². The van der Waals surface area contributed by atoms with Crippen LogP contribution < -0.4 is 5.43 Å². The van der Waals surface area contributed by atoms with Gasteiger partial charge in [-0.05, 0) is 48.0 Å². The summed E-state index contributed by atoms with van der Waals surface area (Å²) in [5.41, 5.74) is 3.74. The summed E-state index contributed by atoms with van der Waals surface area (Å²) in [5, 5.41) is 14.3. The summed E-state index contributed by atoms with van der Waals surface area (Å²) in [4.78, 5) is 21.8. The highest BCUT2D eigenvalue weighted by Gasteiger charge is 2.03. The zero-order valence-electron chi connectivity index (χ0n) is 11.8.